The van der Waals surface area contributed by atoms with Crippen LogP contribution >= 0.6 is 0 Å². The molecule has 2 amide bonds. The van der Waals surface area contributed by atoms with E-state index in [1.165, 1.54) is 25.3 Å². The normalized spacial score (nSPS) is 14.5. The molecule has 1 atom stereocenters. The summed E-state index contributed by atoms with van der Waals surface area (Å²) in [5.74, 6) is -0.940. The van der Waals surface area contributed by atoms with Gasteiger partial charge in [0.2, 0.25) is 11.7 Å². The van der Waals surface area contributed by atoms with Gasteiger partial charge in [-0.1, -0.05) is 31.4 Å². The zero-order valence-electron chi connectivity index (χ0n) is 23.0. The monoisotopic (exact) mass is 566 g/mol. The highest BCUT2D eigenvalue weighted by Crippen LogP contribution is 2.36. The number of anilines is 1. The summed E-state index contributed by atoms with van der Waals surface area (Å²) >= 11 is 0. The maximum Gasteiger partial charge on any atom is 0.371 e. The lowest BCUT2D eigenvalue weighted by Gasteiger charge is -2.25. The third-order valence-electron chi connectivity index (χ3n) is 7.64. The number of carbonyl (C=O) groups excluding carboxylic acids is 2. The Bertz CT molecular complexity index is 1760. The average Bonchev–Trinajstić information content (AvgIpc) is 3.77. The molecule has 5 aromatic rings. The lowest BCUT2D eigenvalue weighted by Crippen LogP contribution is -2.41. The second kappa shape index (κ2) is 11.4. The number of hydrogen-bond donors (Lipinski definition) is 3. The minimum atomic E-state index is -1.16. The molecule has 1 fully saturated rings. The lowest BCUT2D eigenvalue weighted by atomic mass is 9.95. The van der Waals surface area contributed by atoms with Gasteiger partial charge in [-0.25, -0.2) is 9.78 Å². The van der Waals surface area contributed by atoms with Crippen LogP contribution < -0.4 is 10.6 Å². The Kier molecular flexibility index (Phi) is 7.35. The SMILES string of the molecule is C[C@@H](NC(=O)c1ccc2c(c1)nc(-c1ccoc1)n2C1CCCCC1)C(=O)Nc1cccc(-c2ccc(C(=O)O)o2)c1. The Morgan fingerprint density at radius 1 is 1.00 bits per heavy atom. The molecule has 3 aromatic heterocycles. The molecule has 42 heavy (non-hydrogen) atoms. The van der Waals surface area contributed by atoms with Crippen LogP contribution in [0.2, 0.25) is 0 Å². The van der Waals surface area contributed by atoms with Crippen LogP contribution in [0.5, 0.6) is 0 Å². The molecule has 6 rings (SSSR count). The van der Waals surface area contributed by atoms with Crippen LogP contribution in [0.1, 0.15) is 66.0 Å². The number of aromatic carboxylic acids is 1. The molecule has 1 aliphatic carbocycles. The van der Waals surface area contributed by atoms with Crippen LogP contribution in [0.4, 0.5) is 5.69 Å². The molecule has 10 nitrogen and oxygen atoms in total. The maximum atomic E-state index is 13.2. The standard InChI is InChI=1S/C32H30N4O6/c1-19(30(37)34-23-7-5-6-20(16-23)27-12-13-28(42-27)32(39)40)33-31(38)21-10-11-26-25(17-21)35-29(22-14-15-41-18-22)36(26)24-8-3-2-4-9-24/h5-7,10-19,24H,2-4,8-9H2,1H3,(H,33,38)(H,34,37)(H,39,40)/t19-/m1/s1. The summed E-state index contributed by atoms with van der Waals surface area (Å²) in [6.45, 7) is 1.61. The average molecular weight is 567 g/mol. The second-order valence-electron chi connectivity index (χ2n) is 10.5. The van der Waals surface area contributed by atoms with Gasteiger partial charge in [-0.15, -0.1) is 0 Å². The number of furan rings is 2. The molecule has 0 aliphatic heterocycles. The fourth-order valence-corrected chi connectivity index (χ4v) is 5.50. The number of carboxylic acid groups (broad SMARTS) is 1. The molecule has 214 valence electrons. The van der Waals surface area contributed by atoms with Gasteiger partial charge in [-0.3, -0.25) is 9.59 Å². The zero-order chi connectivity index (χ0) is 29.2. The maximum absolute atomic E-state index is 13.2. The summed E-state index contributed by atoms with van der Waals surface area (Å²) < 4.78 is 13.0. The number of hydrogen-bond acceptors (Lipinski definition) is 6. The number of aromatic nitrogens is 2. The third-order valence-corrected chi connectivity index (χ3v) is 7.64. The van der Waals surface area contributed by atoms with Gasteiger partial charge in [0.15, 0.2) is 0 Å². The molecule has 0 unspecified atom stereocenters. The van der Waals surface area contributed by atoms with Crippen molar-refractivity contribution < 1.29 is 28.3 Å². The van der Waals surface area contributed by atoms with Gasteiger partial charge in [-0.05, 0) is 68.3 Å². The summed E-state index contributed by atoms with van der Waals surface area (Å²) in [7, 11) is 0. The summed E-state index contributed by atoms with van der Waals surface area (Å²) in [5, 5.41) is 14.7. The first-order chi connectivity index (χ1) is 20.4. The van der Waals surface area contributed by atoms with E-state index in [1.807, 2.05) is 12.1 Å². The minimum absolute atomic E-state index is 0.174. The Hall–Kier alpha value is -5.12. The first-order valence-corrected chi connectivity index (χ1v) is 14.0. The first kappa shape index (κ1) is 27.1. The van der Waals surface area contributed by atoms with Crippen LogP contribution in [-0.2, 0) is 4.79 Å². The first-order valence-electron chi connectivity index (χ1n) is 14.0. The molecule has 0 radical (unpaired) electrons. The van der Waals surface area contributed by atoms with E-state index in [0.29, 0.717) is 34.1 Å². The highest BCUT2D eigenvalue weighted by atomic mass is 16.4. The Labute approximate surface area is 241 Å². The van der Waals surface area contributed by atoms with Crippen molar-refractivity contribution in [3.8, 4) is 22.7 Å². The van der Waals surface area contributed by atoms with Crippen LogP contribution in [-0.4, -0.2) is 38.5 Å². The zero-order valence-corrected chi connectivity index (χ0v) is 23.0. The van der Waals surface area contributed by atoms with E-state index in [0.717, 1.165) is 29.7 Å². The highest BCUT2D eigenvalue weighted by molar-refractivity contribution is 6.02. The number of imidazole rings is 1. The summed E-state index contributed by atoms with van der Waals surface area (Å²) in [4.78, 5) is 42.1. The lowest BCUT2D eigenvalue weighted by molar-refractivity contribution is -0.117. The minimum Gasteiger partial charge on any atom is -0.475 e. The molecule has 3 heterocycles. The van der Waals surface area contributed by atoms with Crippen molar-refractivity contribution in [2.45, 2.75) is 51.1 Å². The number of nitrogens with zero attached hydrogens (tertiary/aromatic N) is 2. The summed E-state index contributed by atoms with van der Waals surface area (Å²) in [5.41, 5.74) is 4.06. The molecule has 3 N–H and O–H groups in total. The van der Waals surface area contributed by atoms with Crippen molar-refractivity contribution in [3.05, 3.63) is 84.5 Å². The topological polar surface area (TPSA) is 140 Å². The Balaban J connectivity index is 1.17. The predicted octanol–water partition coefficient (Wildman–Crippen LogP) is 6.52. The van der Waals surface area contributed by atoms with Crippen LogP contribution in [0.25, 0.3) is 33.7 Å². The van der Waals surface area contributed by atoms with E-state index >= 15 is 0 Å². The van der Waals surface area contributed by atoms with Crippen molar-refractivity contribution in [2.24, 2.45) is 0 Å². The van der Waals surface area contributed by atoms with E-state index in [2.05, 4.69) is 15.2 Å². The van der Waals surface area contributed by atoms with Crippen LogP contribution in [0.15, 0.2) is 82.0 Å². The fraction of sp³-hybridized carbons (Fsp3) is 0.250. The number of nitrogens with one attached hydrogen (secondary N) is 2. The molecular formula is C32H30N4O6. The molecule has 1 saturated carbocycles. The summed E-state index contributed by atoms with van der Waals surface area (Å²) in [6, 6.07) is 16.6. The number of benzene rings is 2. The van der Waals surface area contributed by atoms with E-state index in [9.17, 15) is 14.4 Å². The van der Waals surface area contributed by atoms with Gasteiger partial charge in [0.05, 0.1) is 22.9 Å². The van der Waals surface area contributed by atoms with E-state index in [4.69, 9.17) is 18.9 Å². The van der Waals surface area contributed by atoms with Gasteiger partial charge in [0.25, 0.3) is 5.91 Å². The Morgan fingerprint density at radius 3 is 2.57 bits per heavy atom. The number of rotatable bonds is 8. The van der Waals surface area contributed by atoms with Gasteiger partial charge < -0.3 is 29.1 Å². The largest absolute Gasteiger partial charge is 0.475 e. The van der Waals surface area contributed by atoms with E-state index in [1.54, 1.807) is 61.9 Å². The van der Waals surface area contributed by atoms with Crippen LogP contribution in [0, 0.1) is 0 Å². The highest BCUT2D eigenvalue weighted by Gasteiger charge is 2.24. The van der Waals surface area contributed by atoms with Gasteiger partial charge in [0, 0.05) is 22.9 Å². The van der Waals surface area contributed by atoms with Gasteiger partial charge >= 0.3 is 5.97 Å². The van der Waals surface area contributed by atoms with Crippen molar-refractivity contribution in [3.63, 3.8) is 0 Å². The smallest absolute Gasteiger partial charge is 0.371 e. The molecule has 0 bridgehead atoms. The number of amides is 2. The quantitative estimate of drug-likeness (QED) is 0.194. The van der Waals surface area contributed by atoms with Crippen molar-refractivity contribution in [1.82, 2.24) is 14.9 Å². The van der Waals surface area contributed by atoms with Crippen molar-refractivity contribution >= 4 is 34.5 Å². The molecule has 10 heteroatoms. The van der Waals surface area contributed by atoms with Crippen LogP contribution in [0.3, 0.4) is 0 Å². The molecule has 1 aliphatic rings. The third kappa shape index (κ3) is 5.43. The van der Waals surface area contributed by atoms with Crippen molar-refractivity contribution in [2.75, 3.05) is 5.32 Å². The van der Waals surface area contributed by atoms with Gasteiger partial charge in [-0.2, -0.15) is 0 Å². The summed E-state index contributed by atoms with van der Waals surface area (Å²) in [6.07, 6.45) is 9.07. The number of carbonyl (C=O) groups is 3. The van der Waals surface area contributed by atoms with Crippen molar-refractivity contribution in [1.29, 1.82) is 0 Å². The molecule has 0 spiro atoms. The van der Waals surface area contributed by atoms with E-state index < -0.39 is 17.9 Å². The molecule has 0 saturated heterocycles. The van der Waals surface area contributed by atoms with E-state index in [-0.39, 0.29) is 11.7 Å². The number of carboxylic acids is 1. The Morgan fingerprint density at radius 2 is 1.83 bits per heavy atom. The molecule has 2 aromatic carbocycles. The number of fused-ring (bicyclic) bond motifs is 1. The van der Waals surface area contributed by atoms with Gasteiger partial charge in [0.1, 0.15) is 23.9 Å². The second-order valence-corrected chi connectivity index (χ2v) is 10.5. The molecular weight excluding hydrogens is 536 g/mol. The predicted molar refractivity (Wildman–Crippen MR) is 156 cm³/mol. The fourth-order valence-electron chi connectivity index (χ4n) is 5.50.